The quantitative estimate of drug-likeness (QED) is 0.925. The lowest BCUT2D eigenvalue weighted by Crippen LogP contribution is -2.48. The molecule has 0 saturated heterocycles. The normalized spacial score (nSPS) is 17.4. The Morgan fingerprint density at radius 2 is 2.00 bits per heavy atom. The zero-order valence-corrected chi connectivity index (χ0v) is 13.5. The number of ether oxygens (including phenoxy) is 1. The predicted octanol–water partition coefficient (Wildman–Crippen LogP) is 3.13. The van der Waals surface area contributed by atoms with Crippen LogP contribution in [0.15, 0.2) is 42.5 Å². The third-order valence-electron chi connectivity index (χ3n) is 4.20. The molecule has 0 bridgehead atoms. The summed E-state index contributed by atoms with van der Waals surface area (Å²) >= 11 is 0. The Kier molecular flexibility index (Phi) is 4.43. The highest BCUT2D eigenvalue weighted by molar-refractivity contribution is 6.00. The zero-order chi connectivity index (χ0) is 18.2. The molecule has 1 amide bonds. The SMILES string of the molecule is COc1ccc2c(c1)N(Cc1cccc(C(F)(F)F)c1)C(=O)[C@H](N)C2. The number of rotatable bonds is 3. The van der Waals surface area contributed by atoms with Gasteiger partial charge in [-0.1, -0.05) is 18.2 Å². The van der Waals surface area contributed by atoms with Crippen molar-refractivity contribution in [2.75, 3.05) is 12.0 Å². The van der Waals surface area contributed by atoms with Crippen LogP contribution in [0.5, 0.6) is 5.75 Å². The van der Waals surface area contributed by atoms with Crippen molar-refractivity contribution in [3.8, 4) is 5.75 Å². The van der Waals surface area contributed by atoms with Crippen molar-refractivity contribution in [3.63, 3.8) is 0 Å². The summed E-state index contributed by atoms with van der Waals surface area (Å²) in [7, 11) is 1.51. The van der Waals surface area contributed by atoms with Gasteiger partial charge in [0.05, 0.1) is 30.9 Å². The summed E-state index contributed by atoms with van der Waals surface area (Å²) < 4.78 is 43.9. The molecular weight excluding hydrogens is 333 g/mol. The minimum atomic E-state index is -4.43. The highest BCUT2D eigenvalue weighted by Gasteiger charge is 2.33. The molecule has 1 aliphatic rings. The van der Waals surface area contributed by atoms with Crippen LogP contribution in [0.2, 0.25) is 0 Å². The number of hydrogen-bond donors (Lipinski definition) is 1. The molecule has 0 radical (unpaired) electrons. The summed E-state index contributed by atoms with van der Waals surface area (Å²) in [5.41, 5.74) is 7.01. The zero-order valence-electron chi connectivity index (χ0n) is 13.5. The molecule has 7 heteroatoms. The molecule has 2 aromatic carbocycles. The Hall–Kier alpha value is -2.54. The van der Waals surface area contributed by atoms with Crippen LogP contribution in [0.25, 0.3) is 0 Å². The van der Waals surface area contributed by atoms with Crippen molar-refractivity contribution in [1.29, 1.82) is 0 Å². The molecule has 2 N–H and O–H groups in total. The minimum absolute atomic E-state index is 0.0105. The topological polar surface area (TPSA) is 55.6 Å². The number of halogens is 3. The molecule has 3 rings (SSSR count). The van der Waals surface area contributed by atoms with Crippen LogP contribution in [0.4, 0.5) is 18.9 Å². The highest BCUT2D eigenvalue weighted by Crippen LogP contribution is 2.34. The lowest BCUT2D eigenvalue weighted by Gasteiger charge is -2.33. The number of methoxy groups -OCH3 is 1. The van der Waals surface area contributed by atoms with Crippen molar-refractivity contribution in [3.05, 3.63) is 59.2 Å². The van der Waals surface area contributed by atoms with E-state index < -0.39 is 17.8 Å². The number of nitrogens with two attached hydrogens (primary N) is 1. The summed E-state index contributed by atoms with van der Waals surface area (Å²) in [5.74, 6) is 0.245. The molecular formula is C18H17F3N2O2. The second-order valence-corrected chi connectivity index (χ2v) is 5.93. The molecule has 0 saturated carbocycles. The maximum atomic E-state index is 12.9. The molecule has 4 nitrogen and oxygen atoms in total. The van der Waals surface area contributed by atoms with Gasteiger partial charge in [0, 0.05) is 6.07 Å². The molecule has 0 spiro atoms. The molecule has 0 unspecified atom stereocenters. The van der Waals surface area contributed by atoms with Crippen molar-refractivity contribution in [2.45, 2.75) is 25.2 Å². The Morgan fingerprint density at radius 1 is 1.24 bits per heavy atom. The molecule has 1 aliphatic heterocycles. The van der Waals surface area contributed by atoms with Gasteiger partial charge in [-0.15, -0.1) is 0 Å². The van der Waals surface area contributed by atoms with Gasteiger partial charge in [0.15, 0.2) is 0 Å². The first-order valence-electron chi connectivity index (χ1n) is 7.69. The molecule has 0 aliphatic carbocycles. The second kappa shape index (κ2) is 6.40. The van der Waals surface area contributed by atoms with E-state index in [0.29, 0.717) is 23.4 Å². The standard InChI is InChI=1S/C18H17F3N2O2/c1-25-14-6-5-12-8-15(22)17(24)23(16(12)9-14)10-11-3-2-4-13(7-11)18(19,20)21/h2-7,9,15H,8,10,22H2,1H3/t15-/m1/s1. The van der Waals surface area contributed by atoms with Crippen LogP contribution in [0.1, 0.15) is 16.7 Å². The van der Waals surface area contributed by atoms with Crippen molar-refractivity contribution >= 4 is 11.6 Å². The third kappa shape index (κ3) is 3.46. The van der Waals surface area contributed by atoms with Crippen molar-refractivity contribution < 1.29 is 22.7 Å². The van der Waals surface area contributed by atoms with Crippen LogP contribution in [0.3, 0.4) is 0 Å². The van der Waals surface area contributed by atoms with Gasteiger partial charge in [-0.25, -0.2) is 0 Å². The van der Waals surface area contributed by atoms with Gasteiger partial charge in [0.2, 0.25) is 5.91 Å². The Labute approximate surface area is 143 Å². The van der Waals surface area contributed by atoms with E-state index >= 15 is 0 Å². The second-order valence-electron chi connectivity index (χ2n) is 5.93. The number of hydrogen-bond acceptors (Lipinski definition) is 3. The minimum Gasteiger partial charge on any atom is -0.497 e. The number of fused-ring (bicyclic) bond motifs is 1. The maximum absolute atomic E-state index is 12.9. The fourth-order valence-electron chi connectivity index (χ4n) is 2.93. The van der Waals surface area contributed by atoms with Crippen LogP contribution in [0, 0.1) is 0 Å². The van der Waals surface area contributed by atoms with Crippen LogP contribution in [-0.4, -0.2) is 19.1 Å². The maximum Gasteiger partial charge on any atom is 0.416 e. The number of amides is 1. The highest BCUT2D eigenvalue weighted by atomic mass is 19.4. The van der Waals surface area contributed by atoms with E-state index in [4.69, 9.17) is 10.5 Å². The van der Waals surface area contributed by atoms with Gasteiger partial charge >= 0.3 is 6.18 Å². The summed E-state index contributed by atoms with van der Waals surface area (Å²) in [6, 6.07) is 9.52. The summed E-state index contributed by atoms with van der Waals surface area (Å²) in [5, 5.41) is 0. The molecule has 0 aromatic heterocycles. The molecule has 25 heavy (non-hydrogen) atoms. The predicted molar refractivity (Wildman–Crippen MR) is 87.3 cm³/mol. The molecule has 1 atom stereocenters. The largest absolute Gasteiger partial charge is 0.497 e. The number of carbonyl (C=O) groups excluding carboxylic acids is 1. The summed E-state index contributed by atoms with van der Waals surface area (Å²) in [6.07, 6.45) is -4.04. The Balaban J connectivity index is 1.98. The number of nitrogens with zero attached hydrogens (tertiary/aromatic N) is 1. The average Bonchev–Trinajstić information content (AvgIpc) is 2.58. The van der Waals surface area contributed by atoms with E-state index in [0.717, 1.165) is 17.7 Å². The molecule has 132 valence electrons. The van der Waals surface area contributed by atoms with Crippen LogP contribution >= 0.6 is 0 Å². The third-order valence-corrected chi connectivity index (χ3v) is 4.20. The van der Waals surface area contributed by atoms with E-state index in [1.165, 1.54) is 18.1 Å². The number of anilines is 1. The first-order chi connectivity index (χ1) is 11.8. The number of carbonyl (C=O) groups is 1. The monoisotopic (exact) mass is 350 g/mol. The van der Waals surface area contributed by atoms with E-state index in [-0.39, 0.29) is 12.5 Å². The van der Waals surface area contributed by atoms with Gasteiger partial charge in [0.25, 0.3) is 0 Å². The van der Waals surface area contributed by atoms with Gasteiger partial charge in [0.1, 0.15) is 5.75 Å². The summed E-state index contributed by atoms with van der Waals surface area (Å²) in [6.45, 7) is 0.0105. The average molecular weight is 350 g/mol. The van der Waals surface area contributed by atoms with Crippen molar-refractivity contribution in [2.24, 2.45) is 5.73 Å². The fourth-order valence-corrected chi connectivity index (χ4v) is 2.93. The van der Waals surface area contributed by atoms with E-state index in [2.05, 4.69) is 0 Å². The van der Waals surface area contributed by atoms with E-state index in [1.54, 1.807) is 18.2 Å². The van der Waals surface area contributed by atoms with Gasteiger partial charge < -0.3 is 15.4 Å². The lowest BCUT2D eigenvalue weighted by atomic mass is 9.96. The summed E-state index contributed by atoms with van der Waals surface area (Å²) in [4.78, 5) is 13.9. The van der Waals surface area contributed by atoms with Gasteiger partial charge in [-0.05, 0) is 35.7 Å². The Bertz CT molecular complexity index is 805. The number of alkyl halides is 3. The van der Waals surface area contributed by atoms with E-state index in [9.17, 15) is 18.0 Å². The van der Waals surface area contributed by atoms with Gasteiger partial charge in [-0.2, -0.15) is 13.2 Å². The van der Waals surface area contributed by atoms with Crippen LogP contribution in [-0.2, 0) is 23.9 Å². The fraction of sp³-hybridized carbons (Fsp3) is 0.278. The lowest BCUT2D eigenvalue weighted by molar-refractivity contribution is -0.137. The van der Waals surface area contributed by atoms with E-state index in [1.807, 2.05) is 6.07 Å². The first-order valence-corrected chi connectivity index (χ1v) is 7.69. The van der Waals surface area contributed by atoms with Crippen molar-refractivity contribution in [1.82, 2.24) is 0 Å². The molecule has 0 fully saturated rings. The molecule has 2 aromatic rings. The smallest absolute Gasteiger partial charge is 0.416 e. The Morgan fingerprint density at radius 3 is 2.68 bits per heavy atom. The van der Waals surface area contributed by atoms with Gasteiger partial charge in [-0.3, -0.25) is 4.79 Å². The van der Waals surface area contributed by atoms with Crippen LogP contribution < -0.4 is 15.4 Å². The number of benzene rings is 2. The molecule has 1 heterocycles. The first kappa shape index (κ1) is 17.3.